The molecule has 20 heteroatoms. The number of methoxy groups -OCH3 is 4. The van der Waals surface area contributed by atoms with Crippen molar-refractivity contribution in [2.24, 2.45) is 9.98 Å². The summed E-state index contributed by atoms with van der Waals surface area (Å²) in [4.78, 5) is 13.8. The predicted molar refractivity (Wildman–Crippen MR) is 237 cm³/mol. The van der Waals surface area contributed by atoms with Crippen molar-refractivity contribution >= 4 is 31.6 Å². The second-order valence-electron chi connectivity index (χ2n) is 13.6. The maximum atomic E-state index is 9.87. The maximum absolute atomic E-state index is 10.7. The number of benzene rings is 4. The number of aromatic nitrogens is 1. The van der Waals surface area contributed by atoms with Gasteiger partial charge < -0.3 is 47.9 Å². The second-order valence-corrected chi connectivity index (χ2v) is 15.5. The van der Waals surface area contributed by atoms with Crippen LogP contribution in [0.4, 0.5) is 36.6 Å². The van der Waals surface area contributed by atoms with Gasteiger partial charge in [-0.1, -0.05) is 30.3 Å². The molecule has 2 N–H and O–H groups in total. The molecule has 354 valence electrons. The van der Waals surface area contributed by atoms with Gasteiger partial charge in [-0.25, -0.2) is 4.98 Å². The zero-order valence-corrected chi connectivity index (χ0v) is 37.2. The van der Waals surface area contributed by atoms with Crippen LogP contribution in [0.3, 0.4) is 0 Å². The van der Waals surface area contributed by atoms with E-state index >= 15 is 0 Å². The van der Waals surface area contributed by atoms with Gasteiger partial charge in [0.1, 0.15) is 72.2 Å². The summed E-state index contributed by atoms with van der Waals surface area (Å²) in [6.07, 6.45) is 3.42. The van der Waals surface area contributed by atoms with Crippen molar-refractivity contribution in [3.8, 4) is 34.5 Å². The molecule has 1 aliphatic heterocycles. The molecular weight excluding hydrogens is 885 g/mol. The van der Waals surface area contributed by atoms with E-state index < -0.39 is 7.81 Å². The van der Waals surface area contributed by atoms with Crippen molar-refractivity contribution in [3.63, 3.8) is 0 Å². The standard InChI is InChI=1S/C27H29N3O5.C18H23NO4.F6P/c1-3-10-26-24(8-1)28-20-22-6-5-7-23(30-22)21-29-25-9-2-4-11-27(25)35-19-17-33-15-13-31-12-14-32-16-18-34-26;1-20-15-5-13(6-16(9-15)21-2)11-19-12-14-7-17(22-3)10-18(8-14)23-4;1-7(2,3,4,5)6/h1-11,20-21H,12-19H2;5-10,19H,11-12H2,1-4H3;/q;;-1/p+1. The molecule has 0 saturated carbocycles. The number of halogens is 6. The van der Waals surface area contributed by atoms with E-state index in [1.54, 1.807) is 40.9 Å². The van der Waals surface area contributed by atoms with Gasteiger partial charge in [0.15, 0.2) is 0 Å². The number of ether oxygens (including phenoxy) is 9. The SMILES string of the molecule is C1=Nc2ccccc2OCCOCCOCCOCCOc2ccccc2N=Cc2cccc1n2.COc1cc(C[NH2+]Cc2cc(OC)cc(OC)c2)cc(OC)c1.F[P-](F)(F)(F)(F)F. The van der Waals surface area contributed by atoms with Crippen LogP contribution in [-0.2, 0) is 27.3 Å². The van der Waals surface area contributed by atoms with Crippen molar-refractivity contribution in [2.75, 3.05) is 81.3 Å². The Bertz CT molecular complexity index is 2100. The first-order valence-corrected chi connectivity index (χ1v) is 22.1. The summed E-state index contributed by atoms with van der Waals surface area (Å²) in [7, 11) is -4.03. The van der Waals surface area contributed by atoms with Gasteiger partial charge in [-0.05, 0) is 60.7 Å². The van der Waals surface area contributed by atoms with E-state index in [9.17, 15) is 25.2 Å². The van der Waals surface area contributed by atoms with Crippen LogP contribution in [0.2, 0.25) is 0 Å². The molecule has 0 atom stereocenters. The molecule has 2 bridgehead atoms. The summed E-state index contributed by atoms with van der Waals surface area (Å²) < 4.78 is 109. The van der Waals surface area contributed by atoms with Crippen molar-refractivity contribution in [2.45, 2.75) is 13.1 Å². The molecule has 13 nitrogen and oxygen atoms in total. The quantitative estimate of drug-likeness (QED) is 0.118. The fourth-order valence-corrected chi connectivity index (χ4v) is 5.59. The first-order valence-electron chi connectivity index (χ1n) is 20.1. The van der Waals surface area contributed by atoms with E-state index in [0.717, 1.165) is 58.6 Å². The number of rotatable bonds is 8. The minimum atomic E-state index is -10.7. The first-order chi connectivity index (χ1) is 31.0. The van der Waals surface area contributed by atoms with Crippen molar-refractivity contribution in [1.82, 2.24) is 4.98 Å². The summed E-state index contributed by atoms with van der Waals surface area (Å²) in [5.74, 6) is 4.58. The number of aliphatic imine (C=N–C) groups is 2. The third kappa shape index (κ3) is 22.5. The Balaban J connectivity index is 0.000000264. The van der Waals surface area contributed by atoms with E-state index in [-0.39, 0.29) is 0 Å². The molecule has 65 heavy (non-hydrogen) atoms. The molecule has 4 aromatic carbocycles. The molecule has 0 aliphatic carbocycles. The van der Waals surface area contributed by atoms with Crippen LogP contribution < -0.4 is 33.7 Å². The van der Waals surface area contributed by atoms with E-state index in [0.29, 0.717) is 75.7 Å². The van der Waals surface area contributed by atoms with E-state index in [2.05, 4.69) is 20.3 Å². The molecule has 1 aromatic heterocycles. The van der Waals surface area contributed by atoms with Gasteiger partial charge in [0.2, 0.25) is 0 Å². The zero-order chi connectivity index (χ0) is 47.0. The number of nitrogens with zero attached hydrogens (tertiary/aromatic N) is 3. The molecular formula is C45H53F6N4O9P. The number of hydrogen-bond acceptors (Lipinski definition) is 12. The van der Waals surface area contributed by atoms with E-state index in [4.69, 9.17) is 42.6 Å². The Morgan fingerprint density at radius 3 is 1.17 bits per heavy atom. The summed E-state index contributed by atoms with van der Waals surface area (Å²) in [6.45, 7) is 5.38. The molecule has 0 fully saturated rings. The number of para-hydroxylation sites is 4. The first kappa shape index (κ1) is 51.7. The Hall–Kier alpha value is -5.98. The van der Waals surface area contributed by atoms with Crippen LogP contribution in [0.15, 0.2) is 113 Å². The molecule has 6 rings (SSSR count). The topological polar surface area (TPSA) is 137 Å². The minimum absolute atomic E-state index is 0.418. The number of quaternary nitrogens is 1. The average Bonchev–Trinajstić information content (AvgIpc) is 3.28. The molecule has 1 aliphatic rings. The summed E-state index contributed by atoms with van der Waals surface area (Å²) in [5.41, 5.74) is 5.16. The van der Waals surface area contributed by atoms with Gasteiger partial charge in [0.25, 0.3) is 0 Å². The summed E-state index contributed by atoms with van der Waals surface area (Å²) in [6, 6.07) is 32.7. The molecule has 5 aromatic rings. The van der Waals surface area contributed by atoms with Crippen LogP contribution in [0.25, 0.3) is 0 Å². The summed E-state index contributed by atoms with van der Waals surface area (Å²) in [5, 5.41) is 2.21. The number of pyridine rings is 1. The van der Waals surface area contributed by atoms with Gasteiger partial charge in [0.05, 0.1) is 91.9 Å². The van der Waals surface area contributed by atoms with E-state index in [1.807, 2.05) is 103 Å². The molecule has 2 heterocycles. The predicted octanol–water partition coefficient (Wildman–Crippen LogP) is 9.77. The van der Waals surface area contributed by atoms with Gasteiger partial charge in [-0.3, -0.25) is 9.98 Å². The Kier molecular flexibility index (Phi) is 19.8. The van der Waals surface area contributed by atoms with Gasteiger partial charge in [-0.2, -0.15) is 0 Å². The normalized spacial score (nSPS) is 14.8. The third-order valence-corrected chi connectivity index (χ3v) is 8.49. The van der Waals surface area contributed by atoms with Gasteiger partial charge >= 0.3 is 33.0 Å². The number of nitrogens with two attached hydrogens (primary N) is 1. The van der Waals surface area contributed by atoms with Crippen LogP contribution in [0.1, 0.15) is 22.5 Å². The van der Waals surface area contributed by atoms with Crippen LogP contribution >= 0.6 is 7.81 Å². The number of fused-ring (bicyclic) bond motifs is 4. The molecule has 0 unspecified atom stereocenters. The molecule has 0 spiro atoms. The van der Waals surface area contributed by atoms with Crippen molar-refractivity contribution in [3.05, 3.63) is 126 Å². The van der Waals surface area contributed by atoms with Crippen LogP contribution in [0.5, 0.6) is 34.5 Å². The molecule has 0 saturated heterocycles. The fraction of sp³-hybridized carbons (Fsp3) is 0.311. The molecule has 0 radical (unpaired) electrons. The Morgan fingerprint density at radius 2 is 0.815 bits per heavy atom. The second kappa shape index (κ2) is 24.9. The monoisotopic (exact) mass is 938 g/mol. The van der Waals surface area contributed by atoms with Gasteiger partial charge in [-0.15, -0.1) is 0 Å². The van der Waals surface area contributed by atoms with E-state index in [1.165, 1.54) is 0 Å². The Labute approximate surface area is 373 Å². The van der Waals surface area contributed by atoms with Crippen LogP contribution in [-0.4, -0.2) is 98.7 Å². The van der Waals surface area contributed by atoms with Crippen molar-refractivity contribution in [1.29, 1.82) is 0 Å². The average molecular weight is 939 g/mol. The summed E-state index contributed by atoms with van der Waals surface area (Å²) >= 11 is 0. The van der Waals surface area contributed by atoms with Gasteiger partial charge in [0, 0.05) is 23.3 Å². The third-order valence-electron chi connectivity index (χ3n) is 8.49. The molecule has 0 amide bonds. The zero-order valence-electron chi connectivity index (χ0n) is 36.3. The van der Waals surface area contributed by atoms with Crippen LogP contribution in [0, 0.1) is 0 Å². The number of hydrogen-bond donors (Lipinski definition) is 1. The Morgan fingerprint density at radius 1 is 0.477 bits per heavy atom. The fourth-order valence-electron chi connectivity index (χ4n) is 5.59. The van der Waals surface area contributed by atoms with Crippen molar-refractivity contribution < 1.29 is 73.1 Å².